The van der Waals surface area contributed by atoms with E-state index in [2.05, 4.69) is 88.5 Å². The summed E-state index contributed by atoms with van der Waals surface area (Å²) in [5.41, 5.74) is 4.60. The summed E-state index contributed by atoms with van der Waals surface area (Å²) < 4.78 is 2.51. The number of anilines is 2. The molecular weight excluding hydrogens is 414 g/mol. The number of pyridine rings is 1. The van der Waals surface area contributed by atoms with Gasteiger partial charge in [-0.15, -0.1) is 0 Å². The van der Waals surface area contributed by atoms with Gasteiger partial charge in [0.25, 0.3) is 0 Å². The van der Waals surface area contributed by atoms with Crippen LogP contribution >= 0.6 is 12.2 Å². The molecule has 32 heavy (non-hydrogen) atoms. The molecule has 5 rings (SSSR count). The maximum atomic E-state index is 5.90. The molecule has 2 aromatic heterocycles. The lowest BCUT2D eigenvalue weighted by molar-refractivity contribution is 0.340. The molecule has 1 saturated carbocycles. The van der Waals surface area contributed by atoms with Crippen LogP contribution in [0.2, 0.25) is 0 Å². The molecule has 1 N–H and O–H groups in total. The summed E-state index contributed by atoms with van der Waals surface area (Å²) in [4.78, 5) is 9.10. The van der Waals surface area contributed by atoms with E-state index < -0.39 is 0 Å². The lowest BCUT2D eigenvalue weighted by Gasteiger charge is -2.32. The number of hydrogen-bond donors (Lipinski definition) is 1. The Bertz CT molecular complexity index is 1050. The summed E-state index contributed by atoms with van der Waals surface area (Å²) in [5, 5.41) is 4.35. The molecule has 0 amide bonds. The highest BCUT2D eigenvalue weighted by molar-refractivity contribution is 7.80. The minimum Gasteiger partial charge on any atom is -0.378 e. The number of benzene rings is 1. The van der Waals surface area contributed by atoms with Gasteiger partial charge in [0.05, 0.1) is 11.7 Å². The fraction of sp³-hybridized carbons (Fsp3) is 0.385. The van der Waals surface area contributed by atoms with Crippen molar-refractivity contribution in [2.24, 2.45) is 0 Å². The predicted octanol–water partition coefficient (Wildman–Crippen LogP) is 5.63. The molecule has 1 aliphatic heterocycles. The van der Waals surface area contributed by atoms with Crippen LogP contribution in [0.3, 0.4) is 0 Å². The smallest absolute Gasteiger partial charge is 0.174 e. The molecule has 2 unspecified atom stereocenters. The lowest BCUT2D eigenvalue weighted by Crippen LogP contribution is -2.31. The van der Waals surface area contributed by atoms with E-state index in [1.165, 1.54) is 43.5 Å². The zero-order chi connectivity index (χ0) is 22.1. The molecule has 0 spiro atoms. The van der Waals surface area contributed by atoms with Gasteiger partial charge in [0, 0.05) is 49.6 Å². The number of nitrogens with zero attached hydrogens (tertiary/aromatic N) is 4. The van der Waals surface area contributed by atoms with Crippen molar-refractivity contribution in [1.29, 1.82) is 0 Å². The number of aromatic nitrogens is 2. The van der Waals surface area contributed by atoms with Crippen molar-refractivity contribution in [3.63, 3.8) is 0 Å². The molecule has 5 nitrogen and oxygen atoms in total. The fourth-order valence-electron chi connectivity index (χ4n) is 5.19. The first-order valence-corrected chi connectivity index (χ1v) is 12.0. The lowest BCUT2D eigenvalue weighted by atomic mass is 9.94. The molecule has 3 aromatic rings. The first-order valence-electron chi connectivity index (χ1n) is 11.6. The van der Waals surface area contributed by atoms with Gasteiger partial charge in [-0.1, -0.05) is 25.3 Å². The molecule has 166 valence electrons. The molecule has 0 bridgehead atoms. The van der Waals surface area contributed by atoms with Crippen molar-refractivity contribution in [2.45, 2.75) is 50.2 Å². The van der Waals surface area contributed by atoms with Crippen LogP contribution in [0, 0.1) is 0 Å². The topological polar surface area (TPSA) is 36.3 Å². The number of hydrogen-bond acceptors (Lipinski definition) is 3. The van der Waals surface area contributed by atoms with Crippen LogP contribution < -0.4 is 15.1 Å². The minimum atomic E-state index is -0.00512. The van der Waals surface area contributed by atoms with Crippen LogP contribution in [-0.4, -0.2) is 28.8 Å². The third-order valence-electron chi connectivity index (χ3n) is 6.83. The zero-order valence-corrected chi connectivity index (χ0v) is 19.6. The van der Waals surface area contributed by atoms with Gasteiger partial charge in [-0.25, -0.2) is 0 Å². The van der Waals surface area contributed by atoms with Crippen molar-refractivity contribution in [3.8, 4) is 0 Å². The van der Waals surface area contributed by atoms with Crippen molar-refractivity contribution in [3.05, 3.63) is 78.4 Å². The number of nitrogens with one attached hydrogen (secondary N) is 1. The summed E-state index contributed by atoms with van der Waals surface area (Å²) in [7, 11) is 4.13. The monoisotopic (exact) mass is 445 g/mol. The molecule has 1 aromatic carbocycles. The van der Waals surface area contributed by atoms with Gasteiger partial charge in [-0.3, -0.25) is 4.98 Å². The molecule has 0 radical (unpaired) electrons. The maximum absolute atomic E-state index is 5.90. The van der Waals surface area contributed by atoms with Crippen LogP contribution in [0.4, 0.5) is 11.4 Å². The van der Waals surface area contributed by atoms with E-state index in [-0.39, 0.29) is 12.1 Å². The highest BCUT2D eigenvalue weighted by Gasteiger charge is 2.42. The number of rotatable bonds is 5. The van der Waals surface area contributed by atoms with Gasteiger partial charge in [0.15, 0.2) is 5.11 Å². The largest absolute Gasteiger partial charge is 0.378 e. The van der Waals surface area contributed by atoms with Crippen LogP contribution in [0.1, 0.15) is 61.6 Å². The molecule has 2 fully saturated rings. The van der Waals surface area contributed by atoms with Crippen LogP contribution in [0.5, 0.6) is 0 Å². The van der Waals surface area contributed by atoms with Gasteiger partial charge >= 0.3 is 0 Å². The predicted molar refractivity (Wildman–Crippen MR) is 135 cm³/mol. The van der Waals surface area contributed by atoms with Gasteiger partial charge in [0.2, 0.25) is 0 Å². The van der Waals surface area contributed by atoms with E-state index in [4.69, 9.17) is 17.2 Å². The Labute approximate surface area is 196 Å². The molecule has 1 saturated heterocycles. The molecular formula is C26H31N5S. The van der Waals surface area contributed by atoms with Crippen LogP contribution in [-0.2, 0) is 0 Å². The van der Waals surface area contributed by atoms with Crippen molar-refractivity contribution in [1.82, 2.24) is 14.9 Å². The van der Waals surface area contributed by atoms with Crippen molar-refractivity contribution >= 4 is 28.7 Å². The van der Waals surface area contributed by atoms with Gasteiger partial charge in [-0.05, 0) is 73.6 Å². The second kappa shape index (κ2) is 8.94. The van der Waals surface area contributed by atoms with E-state index in [1.54, 1.807) is 0 Å². The second-order valence-electron chi connectivity index (χ2n) is 9.04. The van der Waals surface area contributed by atoms with E-state index in [9.17, 15) is 0 Å². The van der Waals surface area contributed by atoms with Gasteiger partial charge in [-0.2, -0.15) is 0 Å². The van der Waals surface area contributed by atoms with Crippen molar-refractivity contribution in [2.75, 3.05) is 23.9 Å². The average molecular weight is 446 g/mol. The maximum Gasteiger partial charge on any atom is 0.174 e. The fourth-order valence-corrected chi connectivity index (χ4v) is 5.54. The second-order valence-corrected chi connectivity index (χ2v) is 9.43. The molecule has 1 aliphatic carbocycles. The molecule has 2 atom stereocenters. The van der Waals surface area contributed by atoms with Crippen molar-refractivity contribution < 1.29 is 0 Å². The number of thiocarbonyl (C=S) groups is 1. The summed E-state index contributed by atoms with van der Waals surface area (Å²) in [6, 6.07) is 19.8. The van der Waals surface area contributed by atoms with E-state index in [1.807, 2.05) is 12.3 Å². The van der Waals surface area contributed by atoms with Crippen LogP contribution in [0.15, 0.2) is 67.0 Å². The Hall–Kier alpha value is -2.86. The van der Waals surface area contributed by atoms with Crippen LogP contribution in [0.25, 0.3) is 0 Å². The van der Waals surface area contributed by atoms with Gasteiger partial charge in [0.1, 0.15) is 6.04 Å². The van der Waals surface area contributed by atoms with E-state index >= 15 is 0 Å². The first-order chi connectivity index (χ1) is 15.6. The Morgan fingerprint density at radius 3 is 2.44 bits per heavy atom. The quantitative estimate of drug-likeness (QED) is 0.515. The Balaban J connectivity index is 1.58. The molecule has 3 heterocycles. The highest BCUT2D eigenvalue weighted by atomic mass is 32.1. The first kappa shape index (κ1) is 21.0. The standard InChI is InChI=1S/C26H31N5S/c1-29(2)19-13-15-21(16-14-19)31-25(24(28-26(31)32)22-11-6-7-17-27-22)23-12-8-18-30(23)20-9-4-3-5-10-20/h6-8,11-18,20,24-25H,3-5,9-10H2,1-2H3,(H,28,32). The average Bonchev–Trinajstić information content (AvgIpc) is 3.44. The Kier molecular flexibility index (Phi) is 5.87. The normalized spacial score (nSPS) is 21.6. The zero-order valence-electron chi connectivity index (χ0n) is 18.8. The summed E-state index contributed by atoms with van der Waals surface area (Å²) in [5.74, 6) is 0. The summed E-state index contributed by atoms with van der Waals surface area (Å²) in [6.07, 6.45) is 10.6. The highest BCUT2D eigenvalue weighted by Crippen LogP contribution is 2.43. The third kappa shape index (κ3) is 3.88. The summed E-state index contributed by atoms with van der Waals surface area (Å²) >= 11 is 5.90. The van der Waals surface area contributed by atoms with E-state index in [0.29, 0.717) is 6.04 Å². The van der Waals surface area contributed by atoms with Gasteiger partial charge < -0.3 is 19.7 Å². The Morgan fingerprint density at radius 1 is 0.969 bits per heavy atom. The minimum absolute atomic E-state index is 0.00512. The third-order valence-corrected chi connectivity index (χ3v) is 7.14. The van der Waals surface area contributed by atoms with E-state index in [0.717, 1.165) is 16.5 Å². The summed E-state index contributed by atoms with van der Waals surface area (Å²) in [6.45, 7) is 0. The molecule has 6 heteroatoms. The SMILES string of the molecule is CN(C)c1ccc(N2C(=S)NC(c3ccccn3)C2c2cccn2C2CCCCC2)cc1. The Morgan fingerprint density at radius 2 is 1.75 bits per heavy atom. The molecule has 2 aliphatic rings.